The molecule has 1 aliphatic heterocycles. The number of fused-ring (bicyclic) bond motifs is 1. The van der Waals surface area contributed by atoms with Crippen LogP contribution in [-0.4, -0.2) is 45.5 Å². The largest absolute Gasteiger partial charge is 0.493 e. The second-order valence-electron chi connectivity index (χ2n) is 6.70. The molecule has 5 nitrogen and oxygen atoms in total. The van der Waals surface area contributed by atoms with Gasteiger partial charge in [-0.15, -0.1) is 0 Å². The first-order chi connectivity index (χ1) is 12.6. The summed E-state index contributed by atoms with van der Waals surface area (Å²) in [4.78, 5) is 0.377. The molecule has 0 atom stereocenters. The number of hydrogen-bond donors (Lipinski definition) is 1. The monoisotopic (exact) mass is 376 g/mol. The molecular formula is C20H28N2O3S. The maximum atomic E-state index is 13.3. The fourth-order valence-electron chi connectivity index (χ4n) is 3.59. The Hall–Kier alpha value is -1.63. The molecule has 0 saturated carbocycles. The number of benzene rings is 2. The number of nitrogens with zero attached hydrogens (tertiary/aromatic N) is 1. The Labute approximate surface area is 156 Å². The minimum Gasteiger partial charge on any atom is -0.493 e. The maximum Gasteiger partial charge on any atom is 0.243 e. The van der Waals surface area contributed by atoms with Crippen molar-refractivity contribution in [2.45, 2.75) is 31.6 Å². The van der Waals surface area contributed by atoms with E-state index in [9.17, 15) is 8.42 Å². The smallest absolute Gasteiger partial charge is 0.243 e. The number of rotatable bonds is 7. The van der Waals surface area contributed by atoms with E-state index in [-0.39, 0.29) is 0 Å². The molecule has 6 heteroatoms. The summed E-state index contributed by atoms with van der Waals surface area (Å²) < 4.78 is 33.8. The lowest BCUT2D eigenvalue weighted by Crippen LogP contribution is -2.40. The van der Waals surface area contributed by atoms with E-state index in [0.717, 1.165) is 42.5 Å². The summed E-state index contributed by atoms with van der Waals surface area (Å²) in [5, 5.41) is 4.94. The van der Waals surface area contributed by atoms with Crippen LogP contribution in [0.5, 0.6) is 5.75 Å². The number of hydrogen-bond acceptors (Lipinski definition) is 4. The first kappa shape index (κ1) is 19.1. The van der Waals surface area contributed by atoms with E-state index in [1.165, 1.54) is 0 Å². The van der Waals surface area contributed by atoms with Crippen LogP contribution in [0.4, 0.5) is 0 Å². The van der Waals surface area contributed by atoms with Gasteiger partial charge in [0.1, 0.15) is 5.75 Å². The van der Waals surface area contributed by atoms with Gasteiger partial charge in [-0.05, 0) is 50.9 Å². The highest BCUT2D eigenvalue weighted by molar-refractivity contribution is 7.89. The van der Waals surface area contributed by atoms with Gasteiger partial charge < -0.3 is 10.1 Å². The molecule has 142 valence electrons. The Balaban J connectivity index is 1.88. The molecule has 0 spiro atoms. The Morgan fingerprint density at radius 3 is 2.42 bits per heavy atom. The molecule has 2 aromatic carbocycles. The van der Waals surface area contributed by atoms with Gasteiger partial charge in [0.05, 0.1) is 11.5 Å². The van der Waals surface area contributed by atoms with E-state index >= 15 is 0 Å². The number of nitrogens with one attached hydrogen (secondary N) is 1. The summed E-state index contributed by atoms with van der Waals surface area (Å²) in [6, 6.07) is 11.0. The average molecular weight is 377 g/mol. The first-order valence-corrected chi connectivity index (χ1v) is 10.9. The number of piperidine rings is 1. The van der Waals surface area contributed by atoms with Crippen LogP contribution in [0.3, 0.4) is 0 Å². The van der Waals surface area contributed by atoms with Crippen molar-refractivity contribution >= 4 is 20.8 Å². The molecule has 1 N–H and O–H groups in total. The third-order valence-electron chi connectivity index (χ3n) is 5.02. The summed E-state index contributed by atoms with van der Waals surface area (Å²) in [6.07, 6.45) is 1.81. The second kappa shape index (κ2) is 8.37. The highest BCUT2D eigenvalue weighted by Crippen LogP contribution is 2.33. The van der Waals surface area contributed by atoms with Crippen molar-refractivity contribution in [3.05, 3.63) is 36.4 Å². The van der Waals surface area contributed by atoms with Crippen LogP contribution < -0.4 is 10.1 Å². The fourth-order valence-corrected chi connectivity index (χ4v) is 5.26. The standard InChI is InChI=1S/C20H28N2O3S/c1-3-21-15-16-11-13-22(14-12-16)26(23,24)20-10-9-19(25-4-2)17-7-5-6-8-18(17)20/h5-10,16,21H,3-4,11-15H2,1-2H3. The minimum absolute atomic E-state index is 0.377. The van der Waals surface area contributed by atoms with Crippen molar-refractivity contribution in [1.82, 2.24) is 9.62 Å². The first-order valence-electron chi connectivity index (χ1n) is 9.43. The third kappa shape index (κ3) is 3.87. The van der Waals surface area contributed by atoms with Crippen LogP contribution in [0.15, 0.2) is 41.3 Å². The Morgan fingerprint density at radius 2 is 1.77 bits per heavy atom. The van der Waals surface area contributed by atoms with Gasteiger partial charge in [0, 0.05) is 23.9 Å². The van der Waals surface area contributed by atoms with Crippen molar-refractivity contribution in [3.63, 3.8) is 0 Å². The zero-order valence-corrected chi connectivity index (χ0v) is 16.4. The van der Waals surface area contributed by atoms with E-state index in [1.807, 2.05) is 31.2 Å². The molecule has 1 aliphatic rings. The van der Waals surface area contributed by atoms with Gasteiger partial charge in [0.25, 0.3) is 0 Å². The van der Waals surface area contributed by atoms with Crippen LogP contribution in [0.2, 0.25) is 0 Å². The Bertz CT molecular complexity index is 843. The lowest BCUT2D eigenvalue weighted by Gasteiger charge is -2.31. The van der Waals surface area contributed by atoms with E-state index in [4.69, 9.17) is 4.74 Å². The molecule has 0 radical (unpaired) electrons. The van der Waals surface area contributed by atoms with Crippen molar-refractivity contribution in [2.24, 2.45) is 5.92 Å². The molecule has 26 heavy (non-hydrogen) atoms. The van der Waals surface area contributed by atoms with Gasteiger partial charge in [-0.3, -0.25) is 0 Å². The molecule has 0 aromatic heterocycles. The Kier molecular flexibility index (Phi) is 6.16. The fraction of sp³-hybridized carbons (Fsp3) is 0.500. The summed E-state index contributed by atoms with van der Waals surface area (Å²) in [6.45, 7) is 7.66. The highest BCUT2D eigenvalue weighted by atomic mass is 32.2. The summed E-state index contributed by atoms with van der Waals surface area (Å²) in [5.41, 5.74) is 0. The molecule has 0 bridgehead atoms. The molecule has 2 aromatic rings. The van der Waals surface area contributed by atoms with Gasteiger partial charge in [-0.2, -0.15) is 4.31 Å². The van der Waals surface area contributed by atoms with E-state index in [2.05, 4.69) is 12.2 Å². The van der Waals surface area contributed by atoms with Crippen LogP contribution in [0.1, 0.15) is 26.7 Å². The average Bonchev–Trinajstić information content (AvgIpc) is 2.67. The number of ether oxygens (including phenoxy) is 1. The molecule has 1 fully saturated rings. The van der Waals surface area contributed by atoms with Crippen molar-refractivity contribution < 1.29 is 13.2 Å². The predicted octanol–water partition coefficient (Wildman–Crippen LogP) is 3.25. The minimum atomic E-state index is -3.51. The van der Waals surface area contributed by atoms with Gasteiger partial charge in [0.2, 0.25) is 10.0 Å². The van der Waals surface area contributed by atoms with Gasteiger partial charge in [0.15, 0.2) is 0 Å². The second-order valence-corrected chi connectivity index (χ2v) is 8.60. The highest BCUT2D eigenvalue weighted by Gasteiger charge is 2.30. The van der Waals surface area contributed by atoms with E-state index in [1.54, 1.807) is 16.4 Å². The van der Waals surface area contributed by atoms with Crippen LogP contribution in [0, 0.1) is 5.92 Å². The molecule has 1 saturated heterocycles. The van der Waals surface area contributed by atoms with Crippen LogP contribution in [0.25, 0.3) is 10.8 Å². The molecular weight excluding hydrogens is 348 g/mol. The molecule has 0 unspecified atom stereocenters. The summed E-state index contributed by atoms with van der Waals surface area (Å²) in [7, 11) is -3.51. The quantitative estimate of drug-likeness (QED) is 0.806. The maximum absolute atomic E-state index is 13.3. The molecule has 1 heterocycles. The van der Waals surface area contributed by atoms with Gasteiger partial charge in [-0.25, -0.2) is 8.42 Å². The normalized spacial score (nSPS) is 16.8. The van der Waals surface area contributed by atoms with Crippen molar-refractivity contribution in [3.8, 4) is 5.75 Å². The zero-order chi connectivity index (χ0) is 18.6. The lowest BCUT2D eigenvalue weighted by atomic mass is 9.98. The molecule has 0 aliphatic carbocycles. The third-order valence-corrected chi connectivity index (χ3v) is 6.98. The SMILES string of the molecule is CCNCC1CCN(S(=O)(=O)c2ccc(OCC)c3ccccc23)CC1. The molecule has 0 amide bonds. The Morgan fingerprint density at radius 1 is 1.08 bits per heavy atom. The van der Waals surface area contributed by atoms with E-state index in [0.29, 0.717) is 30.5 Å². The molecule has 3 rings (SSSR count). The van der Waals surface area contributed by atoms with Crippen molar-refractivity contribution in [2.75, 3.05) is 32.8 Å². The zero-order valence-electron chi connectivity index (χ0n) is 15.6. The van der Waals surface area contributed by atoms with E-state index < -0.39 is 10.0 Å². The van der Waals surface area contributed by atoms with Crippen LogP contribution >= 0.6 is 0 Å². The topological polar surface area (TPSA) is 58.6 Å². The van der Waals surface area contributed by atoms with Crippen molar-refractivity contribution in [1.29, 1.82) is 0 Å². The number of sulfonamides is 1. The van der Waals surface area contributed by atoms with Gasteiger partial charge >= 0.3 is 0 Å². The van der Waals surface area contributed by atoms with Crippen LogP contribution in [-0.2, 0) is 10.0 Å². The summed E-state index contributed by atoms with van der Waals surface area (Å²) >= 11 is 0. The summed E-state index contributed by atoms with van der Waals surface area (Å²) in [5.74, 6) is 1.28. The lowest BCUT2D eigenvalue weighted by molar-refractivity contribution is 0.268. The van der Waals surface area contributed by atoms with Gasteiger partial charge in [-0.1, -0.05) is 31.2 Å². The predicted molar refractivity (Wildman–Crippen MR) is 105 cm³/mol.